The Hall–Kier alpha value is -1.13. The topological polar surface area (TPSA) is 52.3 Å². The molecule has 3 nitrogen and oxygen atoms in total. The van der Waals surface area contributed by atoms with E-state index in [2.05, 4.69) is 0 Å². The first-order valence-corrected chi connectivity index (χ1v) is 5.40. The van der Waals surface area contributed by atoms with Crippen LogP contribution in [0.1, 0.15) is 31.0 Å². The van der Waals surface area contributed by atoms with Gasteiger partial charge in [0.25, 0.3) is 0 Å². The van der Waals surface area contributed by atoms with E-state index >= 15 is 0 Å². The minimum atomic E-state index is -0.892. The highest BCUT2D eigenvalue weighted by Crippen LogP contribution is 2.32. The third kappa shape index (κ3) is 3.21. The van der Waals surface area contributed by atoms with Crippen LogP contribution < -0.4 is 5.73 Å². The zero-order valence-corrected chi connectivity index (χ0v) is 11.8. The van der Waals surface area contributed by atoms with Gasteiger partial charge in [0.15, 0.2) is 0 Å². The van der Waals surface area contributed by atoms with Crippen molar-refractivity contribution in [2.24, 2.45) is 11.1 Å². The van der Waals surface area contributed by atoms with Crippen LogP contribution in [0.4, 0.5) is 4.39 Å². The van der Waals surface area contributed by atoms with Crippen LogP contribution >= 0.6 is 12.4 Å². The molecule has 18 heavy (non-hydrogen) atoms. The number of halogens is 2. The van der Waals surface area contributed by atoms with Crippen molar-refractivity contribution in [3.63, 3.8) is 0 Å². The number of carbonyl (C=O) groups is 1. The quantitative estimate of drug-likeness (QED) is 0.863. The number of benzene rings is 1. The first-order chi connectivity index (χ1) is 7.80. The predicted octanol–water partition coefficient (Wildman–Crippen LogP) is 2.75. The Morgan fingerprint density at radius 3 is 2.44 bits per heavy atom. The molecule has 0 aromatic heterocycles. The smallest absolute Gasteiger partial charge is 0.313 e. The molecule has 0 aliphatic heterocycles. The molecule has 0 spiro atoms. The summed E-state index contributed by atoms with van der Waals surface area (Å²) in [5.41, 5.74) is 6.25. The third-order valence-electron chi connectivity index (χ3n) is 3.04. The van der Waals surface area contributed by atoms with Gasteiger partial charge in [-0.2, -0.15) is 0 Å². The van der Waals surface area contributed by atoms with E-state index in [0.29, 0.717) is 11.1 Å². The van der Waals surface area contributed by atoms with E-state index in [9.17, 15) is 9.18 Å². The largest absolute Gasteiger partial charge is 0.469 e. The Morgan fingerprint density at radius 1 is 1.44 bits per heavy atom. The molecule has 1 rings (SSSR count). The van der Waals surface area contributed by atoms with Gasteiger partial charge >= 0.3 is 5.97 Å². The van der Waals surface area contributed by atoms with E-state index in [1.807, 2.05) is 0 Å². The molecule has 1 aromatic rings. The van der Waals surface area contributed by atoms with Crippen LogP contribution in [0.2, 0.25) is 0 Å². The molecule has 0 saturated carbocycles. The van der Waals surface area contributed by atoms with Crippen LogP contribution in [0.5, 0.6) is 0 Å². The molecule has 0 radical (unpaired) electrons. The van der Waals surface area contributed by atoms with Crippen LogP contribution in [-0.2, 0) is 9.53 Å². The Morgan fingerprint density at radius 2 is 2.00 bits per heavy atom. The number of nitrogens with two attached hydrogens (primary N) is 1. The zero-order chi connectivity index (χ0) is 13.2. The summed E-state index contributed by atoms with van der Waals surface area (Å²) < 4.78 is 18.1. The summed E-state index contributed by atoms with van der Waals surface area (Å²) in [6.45, 7) is 5.04. The van der Waals surface area contributed by atoms with Crippen LogP contribution in [-0.4, -0.2) is 13.1 Å². The van der Waals surface area contributed by atoms with Gasteiger partial charge in [0.05, 0.1) is 12.5 Å². The molecule has 0 saturated heterocycles. The molecule has 5 heteroatoms. The predicted molar refractivity (Wildman–Crippen MR) is 71.1 cm³/mol. The van der Waals surface area contributed by atoms with Gasteiger partial charge in [0, 0.05) is 6.04 Å². The maximum atomic E-state index is 13.4. The first kappa shape index (κ1) is 16.9. The molecule has 2 N–H and O–H groups in total. The molecule has 0 bridgehead atoms. The van der Waals surface area contributed by atoms with Crippen molar-refractivity contribution in [1.29, 1.82) is 0 Å². The normalized spacial score (nSPS) is 12.6. The zero-order valence-electron chi connectivity index (χ0n) is 11.0. The maximum absolute atomic E-state index is 13.4. The molecule has 0 heterocycles. The van der Waals surface area contributed by atoms with Crippen molar-refractivity contribution in [3.8, 4) is 0 Å². The van der Waals surface area contributed by atoms with E-state index in [1.165, 1.54) is 13.2 Å². The van der Waals surface area contributed by atoms with Crippen molar-refractivity contribution in [2.75, 3.05) is 7.11 Å². The lowest BCUT2D eigenvalue weighted by molar-refractivity contribution is -0.152. The number of carbonyl (C=O) groups excluding carboxylic acids is 1. The van der Waals surface area contributed by atoms with Gasteiger partial charge in [0.1, 0.15) is 5.82 Å². The standard InChI is InChI=1S/C13H18FNO2.ClH/c1-8-5-6-9(7-10(8)14)11(15)13(2,3)12(16)17-4;/h5-7,11H,15H2,1-4H3;1H/t11-;/m1./s1. The Kier molecular flexibility index (Phi) is 5.77. The van der Waals surface area contributed by atoms with E-state index in [0.717, 1.165) is 0 Å². The number of aryl methyl sites for hydroxylation is 1. The molecular weight excluding hydrogens is 257 g/mol. The number of hydrogen-bond donors (Lipinski definition) is 1. The molecule has 0 aliphatic rings. The third-order valence-corrected chi connectivity index (χ3v) is 3.04. The monoisotopic (exact) mass is 275 g/mol. The summed E-state index contributed by atoms with van der Waals surface area (Å²) in [6, 6.07) is 4.14. The fourth-order valence-corrected chi connectivity index (χ4v) is 1.61. The van der Waals surface area contributed by atoms with Crippen LogP contribution in [0.25, 0.3) is 0 Å². The van der Waals surface area contributed by atoms with Crippen molar-refractivity contribution in [1.82, 2.24) is 0 Å². The summed E-state index contributed by atoms with van der Waals surface area (Å²) in [4.78, 5) is 11.6. The van der Waals surface area contributed by atoms with Gasteiger partial charge in [-0.05, 0) is 38.0 Å². The molecule has 0 fully saturated rings. The Balaban J connectivity index is 0.00000289. The van der Waals surface area contributed by atoms with Gasteiger partial charge in [-0.15, -0.1) is 12.4 Å². The highest BCUT2D eigenvalue weighted by Gasteiger charge is 2.36. The highest BCUT2D eigenvalue weighted by atomic mass is 35.5. The lowest BCUT2D eigenvalue weighted by atomic mass is 9.81. The number of hydrogen-bond acceptors (Lipinski definition) is 3. The van der Waals surface area contributed by atoms with Crippen LogP contribution in [0.15, 0.2) is 18.2 Å². The molecular formula is C13H19ClFNO2. The van der Waals surface area contributed by atoms with Crippen molar-refractivity contribution >= 4 is 18.4 Å². The Labute approximate surface area is 113 Å². The highest BCUT2D eigenvalue weighted by molar-refractivity contribution is 5.85. The second-order valence-electron chi connectivity index (χ2n) is 4.70. The second-order valence-corrected chi connectivity index (χ2v) is 4.70. The lowest BCUT2D eigenvalue weighted by Gasteiger charge is -2.29. The average molecular weight is 276 g/mol. The van der Waals surface area contributed by atoms with Gasteiger partial charge in [-0.25, -0.2) is 4.39 Å². The minimum absolute atomic E-state index is 0. The van der Waals surface area contributed by atoms with E-state index < -0.39 is 17.4 Å². The number of methoxy groups -OCH3 is 1. The van der Waals surface area contributed by atoms with Crippen molar-refractivity contribution in [3.05, 3.63) is 35.1 Å². The van der Waals surface area contributed by atoms with Gasteiger partial charge in [-0.3, -0.25) is 4.79 Å². The maximum Gasteiger partial charge on any atom is 0.313 e. The number of rotatable bonds is 3. The van der Waals surface area contributed by atoms with Crippen molar-refractivity contribution < 1.29 is 13.9 Å². The van der Waals surface area contributed by atoms with E-state index in [-0.39, 0.29) is 18.2 Å². The van der Waals surface area contributed by atoms with Crippen LogP contribution in [0, 0.1) is 18.2 Å². The fourth-order valence-electron chi connectivity index (χ4n) is 1.61. The van der Waals surface area contributed by atoms with E-state index in [1.54, 1.807) is 32.9 Å². The van der Waals surface area contributed by atoms with Gasteiger partial charge in [0.2, 0.25) is 0 Å². The molecule has 102 valence electrons. The van der Waals surface area contributed by atoms with Gasteiger partial charge in [-0.1, -0.05) is 12.1 Å². The van der Waals surface area contributed by atoms with Crippen LogP contribution in [0.3, 0.4) is 0 Å². The SMILES string of the molecule is COC(=O)C(C)(C)[C@H](N)c1ccc(C)c(F)c1.Cl. The van der Waals surface area contributed by atoms with Crippen molar-refractivity contribution in [2.45, 2.75) is 26.8 Å². The second kappa shape index (κ2) is 6.16. The summed E-state index contributed by atoms with van der Waals surface area (Å²) in [6.07, 6.45) is 0. The first-order valence-electron chi connectivity index (χ1n) is 5.40. The minimum Gasteiger partial charge on any atom is -0.469 e. The summed E-state index contributed by atoms with van der Waals surface area (Å²) in [5.74, 6) is -0.732. The number of esters is 1. The summed E-state index contributed by atoms with van der Waals surface area (Å²) in [5, 5.41) is 0. The lowest BCUT2D eigenvalue weighted by Crippen LogP contribution is -2.37. The molecule has 0 aliphatic carbocycles. The molecule has 0 amide bonds. The molecule has 1 aromatic carbocycles. The fraction of sp³-hybridized carbons (Fsp3) is 0.462. The Bertz CT molecular complexity index is 435. The summed E-state index contributed by atoms with van der Waals surface area (Å²) >= 11 is 0. The van der Waals surface area contributed by atoms with E-state index in [4.69, 9.17) is 10.5 Å². The molecule has 0 unspecified atom stereocenters. The average Bonchev–Trinajstić information content (AvgIpc) is 2.30. The number of ether oxygens (including phenoxy) is 1. The molecule has 1 atom stereocenters. The summed E-state index contributed by atoms with van der Waals surface area (Å²) in [7, 11) is 1.31. The van der Waals surface area contributed by atoms with Gasteiger partial charge < -0.3 is 10.5 Å².